The van der Waals surface area contributed by atoms with Crippen molar-refractivity contribution < 1.29 is 22.7 Å². The second kappa shape index (κ2) is 11.1. The molecule has 0 atom stereocenters. The van der Waals surface area contributed by atoms with Crippen molar-refractivity contribution in [2.45, 2.75) is 56.2 Å². The third-order valence-corrected chi connectivity index (χ3v) is 5.59. The summed E-state index contributed by atoms with van der Waals surface area (Å²) >= 11 is 1.40. The molecule has 0 saturated carbocycles. The van der Waals surface area contributed by atoms with E-state index in [-0.39, 0.29) is 5.60 Å². The third-order valence-electron chi connectivity index (χ3n) is 4.57. The van der Waals surface area contributed by atoms with Crippen LogP contribution in [-0.4, -0.2) is 38.3 Å². The number of carbonyl (C=O) groups is 1. The standard InChI is InChI=1S/C19H21F3N2S.C5H10O2/c1-13-9-14(2)11-16(10-13)25-18-12-15(19(20,21)22)3-4-17(18)24-7-5-23-6-8-24;1-5(2,3)7-4-6/h3-4,9-12,23H,5-8H2,1-2H3;4H,1-3H3. The molecule has 0 spiro atoms. The van der Waals surface area contributed by atoms with Crippen LogP contribution in [0.25, 0.3) is 0 Å². The Kier molecular flexibility index (Phi) is 9.04. The number of halogens is 3. The van der Waals surface area contributed by atoms with E-state index in [1.807, 2.05) is 46.8 Å². The van der Waals surface area contributed by atoms with Crippen molar-refractivity contribution >= 4 is 23.9 Å². The second-order valence-electron chi connectivity index (χ2n) is 8.67. The summed E-state index contributed by atoms with van der Waals surface area (Å²) in [6.45, 7) is 13.2. The molecule has 8 heteroatoms. The van der Waals surface area contributed by atoms with E-state index >= 15 is 0 Å². The molecule has 4 nitrogen and oxygen atoms in total. The predicted octanol–water partition coefficient (Wildman–Crippen LogP) is 5.84. The number of alkyl halides is 3. The minimum Gasteiger partial charge on any atom is -0.462 e. The van der Waals surface area contributed by atoms with Gasteiger partial charge in [-0.15, -0.1) is 0 Å². The van der Waals surface area contributed by atoms with E-state index in [0.717, 1.165) is 47.9 Å². The Labute approximate surface area is 192 Å². The van der Waals surface area contributed by atoms with Crippen LogP contribution in [0.2, 0.25) is 0 Å². The van der Waals surface area contributed by atoms with E-state index in [1.165, 1.54) is 23.9 Å². The molecule has 1 fully saturated rings. The van der Waals surface area contributed by atoms with Gasteiger partial charge < -0.3 is 15.0 Å². The topological polar surface area (TPSA) is 41.6 Å². The molecule has 1 saturated heterocycles. The summed E-state index contributed by atoms with van der Waals surface area (Å²) in [7, 11) is 0. The molecule has 1 heterocycles. The van der Waals surface area contributed by atoms with Gasteiger partial charge in [0.25, 0.3) is 6.47 Å². The summed E-state index contributed by atoms with van der Waals surface area (Å²) < 4.78 is 44.1. The number of nitrogens with one attached hydrogen (secondary N) is 1. The number of aryl methyl sites for hydroxylation is 2. The summed E-state index contributed by atoms with van der Waals surface area (Å²) in [4.78, 5) is 13.4. The Bertz CT molecular complexity index is 885. The quantitative estimate of drug-likeness (QED) is 0.571. The fraction of sp³-hybridized carbons (Fsp3) is 0.458. The Morgan fingerprint density at radius 2 is 1.59 bits per heavy atom. The van der Waals surface area contributed by atoms with Gasteiger partial charge >= 0.3 is 6.18 Å². The molecule has 3 rings (SSSR count). The Morgan fingerprint density at radius 1 is 1.00 bits per heavy atom. The SMILES string of the molecule is CC(C)(C)OC=O.Cc1cc(C)cc(Sc2cc(C(F)(F)F)ccc2N2CCNCC2)c1. The number of carbonyl (C=O) groups excluding carboxylic acids is 1. The maximum atomic E-state index is 13.2. The molecule has 176 valence electrons. The molecule has 1 N–H and O–H groups in total. The van der Waals surface area contributed by atoms with Crippen molar-refractivity contribution in [3.8, 4) is 0 Å². The summed E-state index contributed by atoms with van der Waals surface area (Å²) in [5.74, 6) is 0. The van der Waals surface area contributed by atoms with Crippen LogP contribution in [0.4, 0.5) is 18.9 Å². The molecule has 1 aliphatic rings. The van der Waals surface area contributed by atoms with Gasteiger partial charge in [0.2, 0.25) is 0 Å². The smallest absolute Gasteiger partial charge is 0.416 e. The van der Waals surface area contributed by atoms with Gasteiger partial charge in [0.1, 0.15) is 5.60 Å². The number of benzene rings is 2. The minimum absolute atomic E-state index is 0.318. The highest BCUT2D eigenvalue weighted by molar-refractivity contribution is 7.99. The fourth-order valence-electron chi connectivity index (χ4n) is 3.20. The molecule has 0 unspecified atom stereocenters. The zero-order chi connectivity index (χ0) is 23.9. The van der Waals surface area contributed by atoms with Crippen LogP contribution in [0.5, 0.6) is 0 Å². The van der Waals surface area contributed by atoms with Crippen LogP contribution < -0.4 is 10.2 Å². The van der Waals surface area contributed by atoms with Gasteiger partial charge in [-0.05, 0) is 76.1 Å². The molecule has 0 amide bonds. The van der Waals surface area contributed by atoms with E-state index in [4.69, 9.17) is 0 Å². The lowest BCUT2D eigenvalue weighted by atomic mass is 10.1. The number of hydrogen-bond donors (Lipinski definition) is 1. The lowest BCUT2D eigenvalue weighted by Gasteiger charge is -2.31. The molecule has 0 aliphatic carbocycles. The van der Waals surface area contributed by atoms with Crippen molar-refractivity contribution in [3.05, 3.63) is 53.1 Å². The van der Waals surface area contributed by atoms with Crippen LogP contribution >= 0.6 is 11.8 Å². The molecule has 2 aromatic carbocycles. The second-order valence-corrected chi connectivity index (χ2v) is 9.78. The third kappa shape index (κ3) is 8.39. The van der Waals surface area contributed by atoms with Crippen LogP contribution in [0.15, 0.2) is 46.2 Å². The van der Waals surface area contributed by atoms with Crippen molar-refractivity contribution in [2.24, 2.45) is 0 Å². The summed E-state index contributed by atoms with van der Waals surface area (Å²) in [6.07, 6.45) is -4.33. The van der Waals surface area contributed by atoms with E-state index in [0.29, 0.717) is 11.4 Å². The summed E-state index contributed by atoms with van der Waals surface area (Å²) in [6, 6.07) is 10.2. The molecule has 0 radical (unpaired) electrons. The molecule has 2 aromatic rings. The predicted molar refractivity (Wildman–Crippen MR) is 123 cm³/mol. The molecule has 0 aromatic heterocycles. The van der Waals surface area contributed by atoms with E-state index < -0.39 is 11.7 Å². The molecular formula is C24H31F3N2O2S. The number of hydrogen-bond acceptors (Lipinski definition) is 5. The minimum atomic E-state index is -4.33. The van der Waals surface area contributed by atoms with Crippen LogP contribution in [-0.2, 0) is 15.7 Å². The maximum Gasteiger partial charge on any atom is 0.416 e. The van der Waals surface area contributed by atoms with Crippen LogP contribution in [0.3, 0.4) is 0 Å². The van der Waals surface area contributed by atoms with Crippen molar-refractivity contribution in [2.75, 3.05) is 31.1 Å². The highest BCUT2D eigenvalue weighted by atomic mass is 32.2. The number of rotatable bonds is 4. The highest BCUT2D eigenvalue weighted by Crippen LogP contribution is 2.40. The van der Waals surface area contributed by atoms with Gasteiger partial charge in [0.15, 0.2) is 0 Å². The molecule has 0 bridgehead atoms. The lowest BCUT2D eigenvalue weighted by molar-refractivity contribution is -0.139. The summed E-state index contributed by atoms with van der Waals surface area (Å²) in [5, 5.41) is 3.28. The number of ether oxygens (including phenoxy) is 1. The monoisotopic (exact) mass is 468 g/mol. The number of anilines is 1. The zero-order valence-corrected chi connectivity index (χ0v) is 20.0. The van der Waals surface area contributed by atoms with Crippen LogP contribution in [0.1, 0.15) is 37.5 Å². The molecule has 32 heavy (non-hydrogen) atoms. The van der Waals surface area contributed by atoms with Gasteiger partial charge in [-0.25, -0.2) is 0 Å². The first-order chi connectivity index (χ1) is 14.9. The number of piperazine rings is 1. The molecule has 1 aliphatic heterocycles. The highest BCUT2D eigenvalue weighted by Gasteiger charge is 2.31. The Hall–Kier alpha value is -2.19. The first-order valence-corrected chi connectivity index (χ1v) is 11.3. The number of nitrogens with zero attached hydrogens (tertiary/aromatic N) is 1. The van der Waals surface area contributed by atoms with Crippen LogP contribution in [0, 0.1) is 13.8 Å². The Morgan fingerprint density at radius 3 is 2.06 bits per heavy atom. The Balaban J connectivity index is 0.000000451. The largest absolute Gasteiger partial charge is 0.462 e. The van der Waals surface area contributed by atoms with E-state index in [1.54, 1.807) is 6.07 Å². The summed E-state index contributed by atoms with van der Waals surface area (Å²) in [5.41, 5.74) is 2.18. The maximum absolute atomic E-state index is 13.2. The van der Waals surface area contributed by atoms with Gasteiger partial charge in [0, 0.05) is 36.0 Å². The fourth-order valence-corrected chi connectivity index (χ4v) is 4.43. The van der Waals surface area contributed by atoms with E-state index in [9.17, 15) is 18.0 Å². The lowest BCUT2D eigenvalue weighted by Crippen LogP contribution is -2.43. The average molecular weight is 469 g/mol. The average Bonchev–Trinajstić information content (AvgIpc) is 2.67. The van der Waals surface area contributed by atoms with Gasteiger partial charge in [-0.2, -0.15) is 13.2 Å². The van der Waals surface area contributed by atoms with Gasteiger partial charge in [0.05, 0.1) is 11.3 Å². The first-order valence-electron chi connectivity index (χ1n) is 10.4. The van der Waals surface area contributed by atoms with Crippen molar-refractivity contribution in [1.29, 1.82) is 0 Å². The molecular weight excluding hydrogens is 437 g/mol. The van der Waals surface area contributed by atoms with Crippen molar-refractivity contribution in [3.63, 3.8) is 0 Å². The van der Waals surface area contributed by atoms with Crippen molar-refractivity contribution in [1.82, 2.24) is 5.32 Å². The van der Waals surface area contributed by atoms with E-state index in [2.05, 4.69) is 21.0 Å². The van der Waals surface area contributed by atoms with Gasteiger partial charge in [-0.3, -0.25) is 4.79 Å². The van der Waals surface area contributed by atoms with Gasteiger partial charge in [-0.1, -0.05) is 17.8 Å². The zero-order valence-electron chi connectivity index (χ0n) is 19.2. The normalized spacial score (nSPS) is 14.4. The first kappa shape index (κ1) is 26.1.